The number of esters is 1. The minimum Gasteiger partial charge on any atom is -0.451 e. The van der Waals surface area contributed by atoms with Crippen LogP contribution in [0, 0.1) is 3.77 Å². The van der Waals surface area contributed by atoms with Gasteiger partial charge in [-0.25, -0.2) is 9.59 Å². The molecule has 1 aromatic carbocycles. The third kappa shape index (κ3) is 5.75. The van der Waals surface area contributed by atoms with Gasteiger partial charge in [0.05, 0.1) is 0 Å². The number of hydrogen-bond acceptors (Lipinski definition) is 5. The van der Waals surface area contributed by atoms with Crippen LogP contribution in [0.2, 0.25) is 0 Å². The Morgan fingerprint density at radius 2 is 1.88 bits per heavy atom. The summed E-state index contributed by atoms with van der Waals surface area (Å²) in [6, 6.07) is 11.2. The predicted octanol–water partition coefficient (Wildman–Crippen LogP) is 2.64. The topological polar surface area (TPSA) is 97.6 Å². The number of benzene rings is 1. The summed E-state index contributed by atoms with van der Waals surface area (Å²) in [6.07, 6.45) is 1.33. The van der Waals surface area contributed by atoms with Crippen LogP contribution in [0.4, 0.5) is 4.79 Å². The lowest BCUT2D eigenvalue weighted by Crippen LogP contribution is -2.41. The van der Waals surface area contributed by atoms with Crippen LogP contribution in [0.15, 0.2) is 53.0 Å². The second-order valence-corrected chi connectivity index (χ2v) is 5.83. The van der Waals surface area contributed by atoms with Gasteiger partial charge in [0.15, 0.2) is 3.77 Å². The molecule has 130 valence electrons. The third-order valence-corrected chi connectivity index (χ3v) is 3.60. The van der Waals surface area contributed by atoms with Gasteiger partial charge in [-0.1, -0.05) is 30.3 Å². The Bertz CT molecular complexity index is 785. The lowest BCUT2D eigenvalue weighted by atomic mass is 10.1. The molecule has 0 aliphatic rings. The van der Waals surface area contributed by atoms with Gasteiger partial charge in [-0.15, -0.1) is 0 Å². The number of furan rings is 1. The molecule has 0 spiro atoms. The maximum atomic E-state index is 12.2. The van der Waals surface area contributed by atoms with E-state index in [9.17, 15) is 14.4 Å². The molecule has 25 heavy (non-hydrogen) atoms. The normalized spacial score (nSPS) is 11.8. The smallest absolute Gasteiger partial charge is 0.332 e. The summed E-state index contributed by atoms with van der Waals surface area (Å²) in [5.41, 5.74) is 0.443. The average Bonchev–Trinajstić information content (AvgIpc) is 3.03. The Kier molecular flexibility index (Phi) is 6.75. The molecule has 0 bridgehead atoms. The van der Waals surface area contributed by atoms with E-state index in [2.05, 4.69) is 10.6 Å². The molecule has 0 radical (unpaired) electrons. The molecular formula is C17H15IN2O5. The third-order valence-electron chi connectivity index (χ3n) is 3.02. The quantitative estimate of drug-likeness (QED) is 0.412. The van der Waals surface area contributed by atoms with Gasteiger partial charge in [-0.2, -0.15) is 0 Å². The van der Waals surface area contributed by atoms with Crippen LogP contribution in [0.25, 0.3) is 6.08 Å². The van der Waals surface area contributed by atoms with E-state index in [1.165, 1.54) is 13.1 Å². The molecule has 2 rings (SSSR count). The van der Waals surface area contributed by atoms with Crippen molar-refractivity contribution in [2.45, 2.75) is 6.10 Å². The number of carbonyl (C=O) groups is 3. The Morgan fingerprint density at radius 3 is 2.48 bits per heavy atom. The lowest BCUT2D eigenvalue weighted by molar-refractivity contribution is -0.151. The highest BCUT2D eigenvalue weighted by Gasteiger charge is 2.25. The van der Waals surface area contributed by atoms with Crippen molar-refractivity contribution in [3.05, 3.63) is 63.6 Å². The standard InChI is InChI=1S/C17H15IN2O5/c1-19-17(23)20-16(22)15(11-5-3-2-4-6-11)25-14(21)10-8-12-7-9-13(18)24-12/h2-10,15H,1H3,(H2,19,20,22,23)/b10-8+. The van der Waals surface area contributed by atoms with Gasteiger partial charge in [-0.3, -0.25) is 10.1 Å². The van der Waals surface area contributed by atoms with E-state index in [1.54, 1.807) is 42.5 Å². The molecular weight excluding hydrogens is 439 g/mol. The Labute approximate surface area is 157 Å². The summed E-state index contributed by atoms with van der Waals surface area (Å²) in [5.74, 6) is -1.01. The summed E-state index contributed by atoms with van der Waals surface area (Å²) >= 11 is 2.00. The average molecular weight is 454 g/mol. The highest BCUT2D eigenvalue weighted by Crippen LogP contribution is 2.18. The van der Waals surface area contributed by atoms with Gasteiger partial charge < -0.3 is 14.5 Å². The fourth-order valence-electron chi connectivity index (χ4n) is 1.86. The number of ether oxygens (including phenoxy) is 1. The van der Waals surface area contributed by atoms with Crippen LogP contribution in [0.5, 0.6) is 0 Å². The maximum Gasteiger partial charge on any atom is 0.332 e. The summed E-state index contributed by atoms with van der Waals surface area (Å²) in [4.78, 5) is 35.6. The van der Waals surface area contributed by atoms with E-state index >= 15 is 0 Å². The zero-order valence-electron chi connectivity index (χ0n) is 13.2. The first-order valence-corrected chi connectivity index (χ1v) is 8.29. The number of hydrogen-bond donors (Lipinski definition) is 2. The number of carbonyl (C=O) groups excluding carboxylic acids is 3. The summed E-state index contributed by atoms with van der Waals surface area (Å²) < 4.78 is 11.2. The summed E-state index contributed by atoms with van der Waals surface area (Å²) in [5, 5.41) is 4.37. The van der Waals surface area contributed by atoms with E-state index in [4.69, 9.17) is 9.15 Å². The molecule has 2 aromatic rings. The van der Waals surface area contributed by atoms with Gasteiger partial charge >= 0.3 is 12.0 Å². The van der Waals surface area contributed by atoms with E-state index in [-0.39, 0.29) is 0 Å². The van der Waals surface area contributed by atoms with Gasteiger partial charge in [0, 0.05) is 18.7 Å². The van der Waals surface area contributed by atoms with Crippen molar-refractivity contribution in [3.8, 4) is 0 Å². The summed E-state index contributed by atoms with van der Waals surface area (Å²) in [6.45, 7) is 0. The van der Waals surface area contributed by atoms with Crippen molar-refractivity contribution in [1.82, 2.24) is 10.6 Å². The van der Waals surface area contributed by atoms with Gasteiger partial charge in [0.25, 0.3) is 5.91 Å². The fraction of sp³-hybridized carbons (Fsp3) is 0.118. The largest absolute Gasteiger partial charge is 0.451 e. The molecule has 8 heteroatoms. The number of nitrogens with one attached hydrogen (secondary N) is 2. The highest BCUT2D eigenvalue weighted by atomic mass is 127. The Balaban J connectivity index is 2.12. The molecule has 0 fully saturated rings. The number of rotatable bonds is 5. The molecule has 0 saturated heterocycles. The van der Waals surface area contributed by atoms with Crippen LogP contribution in [0.3, 0.4) is 0 Å². The van der Waals surface area contributed by atoms with Crippen LogP contribution in [-0.2, 0) is 14.3 Å². The SMILES string of the molecule is CNC(=O)NC(=O)C(OC(=O)/C=C/c1ccc(I)o1)c1ccccc1. The van der Waals surface area contributed by atoms with E-state index in [1.807, 2.05) is 22.6 Å². The fourth-order valence-corrected chi connectivity index (χ4v) is 2.30. The predicted molar refractivity (Wildman–Crippen MR) is 98.3 cm³/mol. The summed E-state index contributed by atoms with van der Waals surface area (Å²) in [7, 11) is 1.37. The highest BCUT2D eigenvalue weighted by molar-refractivity contribution is 14.1. The molecule has 1 unspecified atom stereocenters. The molecule has 1 aromatic heterocycles. The number of urea groups is 1. The molecule has 2 N–H and O–H groups in total. The van der Waals surface area contributed by atoms with Gasteiger partial charge in [0.1, 0.15) is 5.76 Å². The van der Waals surface area contributed by atoms with Gasteiger partial charge in [-0.05, 0) is 40.8 Å². The van der Waals surface area contributed by atoms with Crippen molar-refractivity contribution >= 4 is 46.6 Å². The molecule has 0 aliphatic heterocycles. The van der Waals surface area contributed by atoms with Crippen molar-refractivity contribution in [2.24, 2.45) is 0 Å². The number of amides is 3. The van der Waals surface area contributed by atoms with E-state index in [0.717, 1.165) is 6.08 Å². The zero-order chi connectivity index (χ0) is 18.2. The van der Waals surface area contributed by atoms with Crippen LogP contribution < -0.4 is 10.6 Å². The first kappa shape index (κ1) is 18.7. The van der Waals surface area contributed by atoms with Crippen molar-refractivity contribution in [3.63, 3.8) is 0 Å². The van der Waals surface area contributed by atoms with Crippen LogP contribution in [-0.4, -0.2) is 25.0 Å². The molecule has 0 saturated carbocycles. The lowest BCUT2D eigenvalue weighted by Gasteiger charge is -2.16. The Hall–Kier alpha value is -2.62. The van der Waals surface area contributed by atoms with E-state index in [0.29, 0.717) is 15.1 Å². The minimum atomic E-state index is -1.26. The maximum absolute atomic E-state index is 12.2. The first-order chi connectivity index (χ1) is 12.0. The molecule has 1 atom stereocenters. The molecule has 3 amide bonds. The van der Waals surface area contributed by atoms with Crippen molar-refractivity contribution in [2.75, 3.05) is 7.05 Å². The zero-order valence-corrected chi connectivity index (χ0v) is 15.4. The molecule has 0 aliphatic carbocycles. The number of imide groups is 1. The minimum absolute atomic E-state index is 0.443. The second kappa shape index (κ2) is 9.02. The monoisotopic (exact) mass is 454 g/mol. The van der Waals surface area contributed by atoms with Gasteiger partial charge in [0.2, 0.25) is 6.10 Å². The first-order valence-electron chi connectivity index (χ1n) is 7.21. The number of halogens is 1. The van der Waals surface area contributed by atoms with Crippen LogP contribution >= 0.6 is 22.6 Å². The van der Waals surface area contributed by atoms with E-state index < -0.39 is 24.0 Å². The molecule has 7 nitrogen and oxygen atoms in total. The molecule has 1 heterocycles. The van der Waals surface area contributed by atoms with Crippen molar-refractivity contribution < 1.29 is 23.5 Å². The Morgan fingerprint density at radius 1 is 1.16 bits per heavy atom. The second-order valence-electron chi connectivity index (χ2n) is 4.77. The van der Waals surface area contributed by atoms with Crippen LogP contribution in [0.1, 0.15) is 17.4 Å². The van der Waals surface area contributed by atoms with Crippen molar-refractivity contribution in [1.29, 1.82) is 0 Å².